The number of nitrogens with one attached hydrogen (secondary N) is 1. The van der Waals surface area contributed by atoms with Crippen molar-refractivity contribution in [2.75, 3.05) is 5.32 Å². The second-order valence-electron chi connectivity index (χ2n) is 6.50. The van der Waals surface area contributed by atoms with E-state index in [-0.39, 0.29) is 24.0 Å². The minimum Gasteiger partial charge on any atom is -0.456 e. The largest absolute Gasteiger partial charge is 0.456 e. The first-order chi connectivity index (χ1) is 13.0. The number of rotatable bonds is 5. The number of hydrogen-bond donors (Lipinski definition) is 1. The standard InChI is InChI=1S/C19H17N3O4S/c1-11-10-27-19-21-15(8-16(23)22(11)19)9-26-18(25)13-3-2-4-14(7-13)20-17(24)12-5-6-12/h2-4,7-8,10,12H,5-6,9H2,1H3,(H,20,24). The molecule has 3 aromatic rings. The lowest BCUT2D eigenvalue weighted by atomic mass is 10.2. The molecule has 1 aliphatic carbocycles. The van der Waals surface area contributed by atoms with Crippen molar-refractivity contribution in [2.45, 2.75) is 26.4 Å². The monoisotopic (exact) mass is 383 g/mol. The van der Waals surface area contributed by atoms with Crippen molar-refractivity contribution in [1.29, 1.82) is 0 Å². The van der Waals surface area contributed by atoms with Crippen molar-refractivity contribution in [2.24, 2.45) is 5.92 Å². The van der Waals surface area contributed by atoms with E-state index in [0.717, 1.165) is 18.5 Å². The molecule has 1 N–H and O–H groups in total. The topological polar surface area (TPSA) is 89.8 Å². The van der Waals surface area contributed by atoms with Crippen LogP contribution in [0.25, 0.3) is 4.96 Å². The highest BCUT2D eigenvalue weighted by atomic mass is 32.1. The molecule has 0 bridgehead atoms. The van der Waals surface area contributed by atoms with E-state index in [1.54, 1.807) is 24.3 Å². The third-order valence-electron chi connectivity index (χ3n) is 4.29. The van der Waals surface area contributed by atoms with E-state index in [9.17, 15) is 14.4 Å². The molecular weight excluding hydrogens is 366 g/mol. The second kappa shape index (κ2) is 6.96. The molecule has 0 unspecified atom stereocenters. The number of hydrogen-bond acceptors (Lipinski definition) is 6. The third kappa shape index (κ3) is 3.75. The highest BCUT2D eigenvalue weighted by Crippen LogP contribution is 2.30. The Labute approximate surface area is 158 Å². The smallest absolute Gasteiger partial charge is 0.338 e. The van der Waals surface area contributed by atoms with Gasteiger partial charge in [0.15, 0.2) is 4.96 Å². The summed E-state index contributed by atoms with van der Waals surface area (Å²) in [5.74, 6) is -0.478. The van der Waals surface area contributed by atoms with E-state index in [2.05, 4.69) is 10.3 Å². The number of amides is 1. The van der Waals surface area contributed by atoms with Crippen molar-refractivity contribution in [3.63, 3.8) is 0 Å². The number of anilines is 1. The molecule has 8 heteroatoms. The molecule has 1 aromatic carbocycles. The quantitative estimate of drug-likeness (QED) is 0.684. The molecule has 1 aliphatic rings. The molecule has 0 atom stereocenters. The van der Waals surface area contributed by atoms with Crippen LogP contribution in [0.3, 0.4) is 0 Å². The van der Waals surface area contributed by atoms with E-state index in [4.69, 9.17) is 4.74 Å². The number of carbonyl (C=O) groups is 2. The van der Waals surface area contributed by atoms with Crippen molar-refractivity contribution in [3.05, 3.63) is 63.0 Å². The van der Waals surface area contributed by atoms with Gasteiger partial charge in [-0.15, -0.1) is 11.3 Å². The number of thiazole rings is 1. The van der Waals surface area contributed by atoms with Gasteiger partial charge < -0.3 is 10.1 Å². The Morgan fingerprint density at radius 2 is 2.15 bits per heavy atom. The summed E-state index contributed by atoms with van der Waals surface area (Å²) in [4.78, 5) is 41.2. The number of nitrogens with zero attached hydrogens (tertiary/aromatic N) is 2. The van der Waals surface area contributed by atoms with Gasteiger partial charge >= 0.3 is 5.97 Å². The molecule has 0 spiro atoms. The minimum atomic E-state index is -0.540. The van der Waals surface area contributed by atoms with Crippen LogP contribution >= 0.6 is 11.3 Å². The van der Waals surface area contributed by atoms with Gasteiger partial charge in [0.25, 0.3) is 5.56 Å². The molecule has 2 heterocycles. The van der Waals surface area contributed by atoms with E-state index in [1.807, 2.05) is 12.3 Å². The van der Waals surface area contributed by atoms with Gasteiger partial charge in [-0.05, 0) is 38.0 Å². The zero-order valence-corrected chi connectivity index (χ0v) is 15.4. The van der Waals surface area contributed by atoms with E-state index in [0.29, 0.717) is 21.9 Å². The van der Waals surface area contributed by atoms with Gasteiger partial charge in [0.2, 0.25) is 5.91 Å². The first kappa shape index (κ1) is 17.4. The fraction of sp³-hybridized carbons (Fsp3) is 0.263. The van der Waals surface area contributed by atoms with Gasteiger partial charge in [-0.1, -0.05) is 6.07 Å². The van der Waals surface area contributed by atoms with Gasteiger partial charge in [-0.3, -0.25) is 14.0 Å². The lowest BCUT2D eigenvalue weighted by Crippen LogP contribution is -2.16. The van der Waals surface area contributed by atoms with Crippen LogP contribution in [0.1, 0.15) is 34.6 Å². The van der Waals surface area contributed by atoms with Crippen molar-refractivity contribution < 1.29 is 14.3 Å². The minimum absolute atomic E-state index is 0.0234. The van der Waals surface area contributed by atoms with Crippen LogP contribution in [-0.2, 0) is 16.1 Å². The summed E-state index contributed by atoms with van der Waals surface area (Å²) in [5.41, 5.74) is 1.91. The Kier molecular flexibility index (Phi) is 4.49. The molecule has 27 heavy (non-hydrogen) atoms. The average molecular weight is 383 g/mol. The van der Waals surface area contributed by atoms with Crippen LogP contribution in [0, 0.1) is 12.8 Å². The van der Waals surface area contributed by atoms with Crippen LogP contribution in [0.2, 0.25) is 0 Å². The van der Waals surface area contributed by atoms with Crippen LogP contribution in [0.4, 0.5) is 5.69 Å². The number of fused-ring (bicyclic) bond motifs is 1. The Balaban J connectivity index is 1.45. The number of aromatic nitrogens is 2. The Hall–Kier alpha value is -3.00. The van der Waals surface area contributed by atoms with Gasteiger partial charge in [0, 0.05) is 28.7 Å². The number of ether oxygens (including phenoxy) is 1. The molecule has 0 saturated heterocycles. The molecule has 4 rings (SSSR count). The predicted octanol–water partition coefficient (Wildman–Crippen LogP) is 2.77. The maximum Gasteiger partial charge on any atom is 0.338 e. The highest BCUT2D eigenvalue weighted by molar-refractivity contribution is 7.15. The molecule has 1 saturated carbocycles. The molecule has 1 amide bonds. The van der Waals surface area contributed by atoms with Crippen molar-refractivity contribution in [3.8, 4) is 0 Å². The van der Waals surface area contributed by atoms with Crippen LogP contribution in [-0.4, -0.2) is 21.3 Å². The molecular formula is C19H17N3O4S. The zero-order valence-electron chi connectivity index (χ0n) is 14.6. The Morgan fingerprint density at radius 1 is 1.33 bits per heavy atom. The van der Waals surface area contributed by atoms with Gasteiger partial charge in [0.1, 0.15) is 6.61 Å². The summed E-state index contributed by atoms with van der Waals surface area (Å²) in [7, 11) is 0. The van der Waals surface area contributed by atoms with Gasteiger partial charge in [0.05, 0.1) is 11.3 Å². The number of esters is 1. The summed E-state index contributed by atoms with van der Waals surface area (Å²) in [6.07, 6.45) is 1.82. The maximum absolute atomic E-state index is 12.3. The number of aryl methyl sites for hydroxylation is 1. The normalized spacial score (nSPS) is 13.5. The lowest BCUT2D eigenvalue weighted by molar-refractivity contribution is -0.117. The summed E-state index contributed by atoms with van der Waals surface area (Å²) >= 11 is 1.36. The van der Waals surface area contributed by atoms with E-state index in [1.165, 1.54) is 21.8 Å². The summed E-state index contributed by atoms with van der Waals surface area (Å²) in [6, 6.07) is 7.98. The Morgan fingerprint density at radius 3 is 2.93 bits per heavy atom. The van der Waals surface area contributed by atoms with Gasteiger partial charge in [-0.2, -0.15) is 0 Å². The Bertz CT molecular complexity index is 1100. The maximum atomic E-state index is 12.3. The predicted molar refractivity (Wildman–Crippen MR) is 101 cm³/mol. The molecule has 1 fully saturated rings. The fourth-order valence-corrected chi connectivity index (χ4v) is 3.60. The van der Waals surface area contributed by atoms with Crippen LogP contribution < -0.4 is 10.9 Å². The van der Waals surface area contributed by atoms with Crippen molar-refractivity contribution >= 4 is 33.9 Å². The average Bonchev–Trinajstić information content (AvgIpc) is 3.43. The number of benzene rings is 1. The zero-order chi connectivity index (χ0) is 19.0. The molecule has 7 nitrogen and oxygen atoms in total. The summed E-state index contributed by atoms with van der Waals surface area (Å²) in [5, 5.41) is 4.65. The molecule has 0 aliphatic heterocycles. The SMILES string of the molecule is Cc1csc2nc(COC(=O)c3cccc(NC(=O)C4CC4)c3)cc(=O)n12. The second-order valence-corrected chi connectivity index (χ2v) is 7.34. The first-order valence-electron chi connectivity index (χ1n) is 8.56. The van der Waals surface area contributed by atoms with E-state index >= 15 is 0 Å². The fourth-order valence-electron chi connectivity index (χ4n) is 2.71. The van der Waals surface area contributed by atoms with Crippen LogP contribution in [0.15, 0.2) is 40.5 Å². The summed E-state index contributed by atoms with van der Waals surface area (Å²) < 4.78 is 6.80. The first-order valence-corrected chi connectivity index (χ1v) is 9.44. The molecule has 0 radical (unpaired) electrons. The number of carbonyl (C=O) groups excluding carboxylic acids is 2. The highest BCUT2D eigenvalue weighted by Gasteiger charge is 2.29. The molecule has 138 valence electrons. The van der Waals surface area contributed by atoms with Crippen molar-refractivity contribution in [1.82, 2.24) is 9.38 Å². The van der Waals surface area contributed by atoms with E-state index < -0.39 is 5.97 Å². The lowest BCUT2D eigenvalue weighted by Gasteiger charge is -2.08. The summed E-state index contributed by atoms with van der Waals surface area (Å²) in [6.45, 7) is 1.74. The van der Waals surface area contributed by atoms with Gasteiger partial charge in [-0.25, -0.2) is 9.78 Å². The molecule has 2 aromatic heterocycles. The van der Waals surface area contributed by atoms with Crippen LogP contribution in [0.5, 0.6) is 0 Å². The third-order valence-corrected chi connectivity index (χ3v) is 5.24.